The number of carbonyl (C=O) groups is 1. The predicted molar refractivity (Wildman–Crippen MR) is 76.5 cm³/mol. The van der Waals surface area contributed by atoms with Gasteiger partial charge in [-0.05, 0) is 39.0 Å². The van der Waals surface area contributed by atoms with Crippen LogP contribution in [0.2, 0.25) is 0 Å². The smallest absolute Gasteiger partial charge is 0.172 e. The van der Waals surface area contributed by atoms with Crippen molar-refractivity contribution in [2.24, 2.45) is 5.92 Å². The summed E-state index contributed by atoms with van der Waals surface area (Å²) in [4.78, 5) is 17.0. The first-order valence-electron chi connectivity index (χ1n) is 7.45. The zero-order valence-corrected chi connectivity index (χ0v) is 12.9. The molecule has 0 amide bonds. The fraction of sp³-hybridized carbons (Fsp3) is 0.800. The molecule has 5 heteroatoms. The van der Waals surface area contributed by atoms with Crippen LogP contribution in [0.4, 0.5) is 0 Å². The van der Waals surface area contributed by atoms with Crippen molar-refractivity contribution in [2.45, 2.75) is 64.5 Å². The van der Waals surface area contributed by atoms with Crippen molar-refractivity contribution in [2.75, 3.05) is 7.11 Å². The topological polar surface area (TPSA) is 57.0 Å². The Kier molecular flexibility index (Phi) is 4.58. The van der Waals surface area contributed by atoms with E-state index in [1.807, 2.05) is 18.5 Å². The molecule has 2 atom stereocenters. The van der Waals surface area contributed by atoms with Gasteiger partial charge < -0.3 is 4.74 Å². The van der Waals surface area contributed by atoms with Gasteiger partial charge in [0.05, 0.1) is 6.42 Å². The van der Waals surface area contributed by atoms with E-state index in [4.69, 9.17) is 4.74 Å². The van der Waals surface area contributed by atoms with Crippen molar-refractivity contribution in [3.05, 3.63) is 12.2 Å². The Hall–Kier alpha value is -1.23. The number of ether oxygens (including phenoxy) is 1. The average molecular weight is 279 g/mol. The molecule has 1 heterocycles. The van der Waals surface area contributed by atoms with Gasteiger partial charge in [0.25, 0.3) is 0 Å². The first-order chi connectivity index (χ1) is 9.48. The van der Waals surface area contributed by atoms with E-state index >= 15 is 0 Å². The van der Waals surface area contributed by atoms with Crippen LogP contribution < -0.4 is 0 Å². The maximum atomic E-state index is 12.7. The second-order valence-electron chi connectivity index (χ2n) is 6.21. The maximum absolute atomic E-state index is 12.7. The highest BCUT2D eigenvalue weighted by Crippen LogP contribution is 2.36. The Bertz CT molecular complexity index is 469. The summed E-state index contributed by atoms with van der Waals surface area (Å²) >= 11 is 0. The Morgan fingerprint density at radius 1 is 1.60 bits per heavy atom. The van der Waals surface area contributed by atoms with Gasteiger partial charge in [0.2, 0.25) is 0 Å². The summed E-state index contributed by atoms with van der Waals surface area (Å²) in [5, 5.41) is 4.19. The van der Waals surface area contributed by atoms with Crippen LogP contribution in [0, 0.1) is 5.92 Å². The van der Waals surface area contributed by atoms with Gasteiger partial charge in [0.1, 0.15) is 17.8 Å². The van der Waals surface area contributed by atoms with Crippen LogP contribution in [0.15, 0.2) is 6.33 Å². The van der Waals surface area contributed by atoms with Crippen LogP contribution in [0.3, 0.4) is 0 Å². The van der Waals surface area contributed by atoms with E-state index in [1.165, 1.54) is 12.7 Å². The third-order valence-electron chi connectivity index (χ3n) is 4.31. The highest BCUT2D eigenvalue weighted by atomic mass is 16.5. The monoisotopic (exact) mass is 279 g/mol. The first kappa shape index (κ1) is 15.2. The Morgan fingerprint density at radius 2 is 2.35 bits per heavy atom. The van der Waals surface area contributed by atoms with E-state index in [-0.39, 0.29) is 11.8 Å². The van der Waals surface area contributed by atoms with Crippen molar-refractivity contribution in [3.63, 3.8) is 0 Å². The summed E-state index contributed by atoms with van der Waals surface area (Å²) in [6.45, 7) is 6.27. The fourth-order valence-electron chi connectivity index (χ4n) is 3.19. The molecule has 0 saturated heterocycles. The van der Waals surface area contributed by atoms with Gasteiger partial charge in [-0.3, -0.25) is 4.79 Å². The second kappa shape index (κ2) is 6.04. The van der Waals surface area contributed by atoms with Gasteiger partial charge in [-0.2, -0.15) is 5.10 Å². The normalized spacial score (nSPS) is 26.9. The van der Waals surface area contributed by atoms with Gasteiger partial charge in [-0.25, -0.2) is 9.67 Å². The van der Waals surface area contributed by atoms with E-state index < -0.39 is 5.60 Å². The van der Waals surface area contributed by atoms with E-state index in [2.05, 4.69) is 17.0 Å². The highest BCUT2D eigenvalue weighted by Gasteiger charge is 2.41. The van der Waals surface area contributed by atoms with E-state index in [9.17, 15) is 4.79 Å². The molecular formula is C15H25N3O2. The number of hydrogen-bond donors (Lipinski definition) is 0. The molecule has 1 aliphatic carbocycles. The fourth-order valence-corrected chi connectivity index (χ4v) is 3.19. The van der Waals surface area contributed by atoms with Gasteiger partial charge in [-0.1, -0.05) is 13.3 Å². The molecular weight excluding hydrogens is 254 g/mol. The third kappa shape index (κ3) is 2.92. The minimum atomic E-state index is -0.620. The van der Waals surface area contributed by atoms with Gasteiger partial charge >= 0.3 is 0 Å². The van der Waals surface area contributed by atoms with E-state index in [0.717, 1.165) is 25.1 Å². The Labute approximate surface area is 120 Å². The van der Waals surface area contributed by atoms with Gasteiger partial charge in [-0.15, -0.1) is 0 Å². The molecule has 1 saturated carbocycles. The number of nitrogens with zero attached hydrogens (tertiary/aromatic N) is 3. The molecule has 5 nitrogen and oxygen atoms in total. The lowest BCUT2D eigenvalue weighted by Gasteiger charge is -2.37. The predicted octanol–water partition coefficient (Wildman–Crippen LogP) is 2.57. The zero-order valence-electron chi connectivity index (χ0n) is 12.9. The number of rotatable bonds is 5. The van der Waals surface area contributed by atoms with Crippen molar-refractivity contribution in [1.82, 2.24) is 14.8 Å². The Balaban J connectivity index is 2.15. The van der Waals surface area contributed by atoms with Crippen molar-refractivity contribution in [3.8, 4) is 0 Å². The third-order valence-corrected chi connectivity index (χ3v) is 4.31. The van der Waals surface area contributed by atoms with Crippen molar-refractivity contribution >= 4 is 5.78 Å². The van der Waals surface area contributed by atoms with Crippen LogP contribution in [0.25, 0.3) is 0 Å². The lowest BCUT2D eigenvalue weighted by Crippen LogP contribution is -2.45. The summed E-state index contributed by atoms with van der Waals surface area (Å²) in [6.07, 6.45) is 5.70. The molecule has 1 aromatic heterocycles. The number of aromatic nitrogens is 3. The average Bonchev–Trinajstić information content (AvgIpc) is 2.86. The number of carbonyl (C=O) groups excluding carboxylic acids is 1. The van der Waals surface area contributed by atoms with Crippen molar-refractivity contribution < 1.29 is 9.53 Å². The molecule has 1 aromatic rings. The number of ketones is 1. The molecule has 1 aliphatic rings. The summed E-state index contributed by atoms with van der Waals surface area (Å²) < 4.78 is 7.47. The molecule has 0 N–H and O–H groups in total. The number of Topliss-reactive ketones (excluding diaryl/α,β-unsaturated/α-hetero) is 1. The van der Waals surface area contributed by atoms with Gasteiger partial charge in [0.15, 0.2) is 5.78 Å². The molecule has 112 valence electrons. The quantitative estimate of drug-likeness (QED) is 0.831. The number of methoxy groups -OCH3 is 1. The summed E-state index contributed by atoms with van der Waals surface area (Å²) in [7, 11) is 1.66. The largest absolute Gasteiger partial charge is 0.370 e. The molecule has 2 unspecified atom stereocenters. The summed E-state index contributed by atoms with van der Waals surface area (Å²) in [5.41, 5.74) is -0.620. The number of hydrogen-bond acceptors (Lipinski definition) is 4. The van der Waals surface area contributed by atoms with Crippen LogP contribution in [0.5, 0.6) is 0 Å². The molecule has 0 spiro atoms. The second-order valence-corrected chi connectivity index (χ2v) is 6.21. The van der Waals surface area contributed by atoms with Crippen LogP contribution in [0.1, 0.15) is 58.3 Å². The molecule has 0 radical (unpaired) electrons. The molecule has 0 bridgehead atoms. The molecule has 1 fully saturated rings. The zero-order chi connectivity index (χ0) is 14.8. The maximum Gasteiger partial charge on any atom is 0.172 e. The van der Waals surface area contributed by atoms with Crippen LogP contribution in [-0.4, -0.2) is 33.3 Å². The van der Waals surface area contributed by atoms with E-state index in [1.54, 1.807) is 7.11 Å². The Morgan fingerprint density at radius 3 is 2.95 bits per heavy atom. The first-order valence-corrected chi connectivity index (χ1v) is 7.45. The molecule has 2 rings (SSSR count). The minimum Gasteiger partial charge on any atom is -0.370 e. The highest BCUT2D eigenvalue weighted by molar-refractivity contribution is 5.88. The standard InChI is InChI=1S/C15H25N3O2/c1-11(2)18-14(16-10-17-18)8-13(19)15(20-4)7-5-6-12(3)9-15/h10-12H,5-9H2,1-4H3. The van der Waals surface area contributed by atoms with Crippen molar-refractivity contribution in [1.29, 1.82) is 0 Å². The van der Waals surface area contributed by atoms with Gasteiger partial charge in [0, 0.05) is 13.2 Å². The minimum absolute atomic E-state index is 0.140. The lowest BCUT2D eigenvalue weighted by atomic mass is 9.75. The molecule has 0 aliphatic heterocycles. The summed E-state index contributed by atoms with van der Waals surface area (Å²) in [6, 6.07) is 0.212. The van der Waals surface area contributed by atoms with Crippen LogP contribution >= 0.6 is 0 Å². The summed E-state index contributed by atoms with van der Waals surface area (Å²) in [5.74, 6) is 1.41. The molecule has 20 heavy (non-hydrogen) atoms. The lowest BCUT2D eigenvalue weighted by molar-refractivity contribution is -0.146. The SMILES string of the molecule is COC1(C(=O)Cc2ncnn2C(C)C)CCCC(C)C1. The van der Waals surface area contributed by atoms with E-state index in [0.29, 0.717) is 12.3 Å². The van der Waals surface area contributed by atoms with Crippen LogP contribution in [-0.2, 0) is 16.0 Å². The molecule has 0 aromatic carbocycles.